The number of hydrogen-bond donors (Lipinski definition) is 2. The van der Waals surface area contributed by atoms with Gasteiger partial charge in [0.05, 0.1) is 5.56 Å². The van der Waals surface area contributed by atoms with Crippen LogP contribution in [0.25, 0.3) is 0 Å². The molecule has 0 spiro atoms. The van der Waals surface area contributed by atoms with Gasteiger partial charge in [-0.1, -0.05) is 6.07 Å². The van der Waals surface area contributed by atoms with Crippen LogP contribution in [0.1, 0.15) is 29.8 Å². The summed E-state index contributed by atoms with van der Waals surface area (Å²) in [5, 5.41) is 8.99. The smallest absolute Gasteiger partial charge is 0.336 e. The molecule has 0 saturated carbocycles. The highest BCUT2D eigenvalue weighted by molar-refractivity contribution is 14.1. The molecule has 0 saturated heterocycles. The van der Waals surface area contributed by atoms with Crippen molar-refractivity contribution in [3.05, 3.63) is 32.9 Å². The highest BCUT2D eigenvalue weighted by atomic mass is 127. The van der Waals surface area contributed by atoms with E-state index in [1.54, 1.807) is 26.0 Å². The Morgan fingerprint density at radius 2 is 2.07 bits per heavy atom. The summed E-state index contributed by atoms with van der Waals surface area (Å²) in [5.41, 5.74) is 6.19. The first kappa shape index (κ1) is 11.5. The molecule has 0 radical (unpaired) electrons. The molecule has 0 aliphatic carbocycles. The van der Waals surface area contributed by atoms with Gasteiger partial charge in [0.2, 0.25) is 0 Å². The van der Waals surface area contributed by atoms with Crippen molar-refractivity contribution in [2.45, 2.75) is 19.4 Å². The molecule has 0 heterocycles. The van der Waals surface area contributed by atoms with Crippen LogP contribution in [0.15, 0.2) is 18.2 Å². The Balaban J connectivity index is 3.37. The van der Waals surface area contributed by atoms with Crippen molar-refractivity contribution in [2.24, 2.45) is 5.73 Å². The minimum Gasteiger partial charge on any atom is -0.478 e. The Kier molecular flexibility index (Phi) is 3.16. The summed E-state index contributed by atoms with van der Waals surface area (Å²) >= 11 is 2.08. The molecular formula is C10H12INO2. The molecule has 1 aromatic carbocycles. The molecule has 0 bridgehead atoms. The Labute approximate surface area is 96.4 Å². The third-order valence-corrected chi connectivity index (χ3v) is 2.58. The van der Waals surface area contributed by atoms with Gasteiger partial charge in [0.15, 0.2) is 0 Å². The van der Waals surface area contributed by atoms with Crippen LogP contribution in [0.3, 0.4) is 0 Å². The molecule has 0 unspecified atom stereocenters. The molecule has 4 heteroatoms. The quantitative estimate of drug-likeness (QED) is 0.823. The third kappa shape index (κ3) is 2.45. The van der Waals surface area contributed by atoms with Crippen LogP contribution in [0.5, 0.6) is 0 Å². The van der Waals surface area contributed by atoms with E-state index in [0.29, 0.717) is 5.56 Å². The third-order valence-electron chi connectivity index (χ3n) is 1.91. The van der Waals surface area contributed by atoms with Gasteiger partial charge in [-0.05, 0) is 54.1 Å². The van der Waals surface area contributed by atoms with E-state index in [2.05, 4.69) is 22.6 Å². The number of benzene rings is 1. The maximum absolute atomic E-state index is 11.0. The summed E-state index contributed by atoms with van der Waals surface area (Å²) in [4.78, 5) is 11.0. The summed E-state index contributed by atoms with van der Waals surface area (Å²) in [6.45, 7) is 3.59. The van der Waals surface area contributed by atoms with Crippen LogP contribution in [-0.4, -0.2) is 11.1 Å². The van der Waals surface area contributed by atoms with Crippen LogP contribution in [0, 0.1) is 3.57 Å². The average molecular weight is 305 g/mol. The Morgan fingerprint density at radius 1 is 1.50 bits per heavy atom. The number of aromatic carboxylic acids is 1. The standard InChI is InChI=1S/C10H12INO2/c1-10(2,12)8-4-3-6(11)5-7(8)9(13)14/h3-5H,12H2,1-2H3,(H,13,14). The molecule has 3 nitrogen and oxygen atoms in total. The molecular weight excluding hydrogens is 293 g/mol. The number of halogens is 1. The van der Waals surface area contributed by atoms with Gasteiger partial charge in [-0.3, -0.25) is 0 Å². The first-order chi connectivity index (χ1) is 6.32. The minimum atomic E-state index is -0.933. The van der Waals surface area contributed by atoms with Gasteiger partial charge < -0.3 is 10.8 Å². The number of carboxylic acids is 1. The second-order valence-electron chi connectivity index (χ2n) is 3.72. The zero-order valence-corrected chi connectivity index (χ0v) is 10.2. The zero-order valence-electron chi connectivity index (χ0n) is 8.04. The van der Waals surface area contributed by atoms with E-state index in [-0.39, 0.29) is 5.56 Å². The van der Waals surface area contributed by atoms with Crippen LogP contribution < -0.4 is 5.73 Å². The van der Waals surface area contributed by atoms with Gasteiger partial charge >= 0.3 is 5.97 Å². The highest BCUT2D eigenvalue weighted by Crippen LogP contribution is 2.23. The zero-order chi connectivity index (χ0) is 10.9. The van der Waals surface area contributed by atoms with E-state index in [4.69, 9.17) is 10.8 Å². The van der Waals surface area contributed by atoms with E-state index >= 15 is 0 Å². The van der Waals surface area contributed by atoms with Crippen molar-refractivity contribution in [3.63, 3.8) is 0 Å². The highest BCUT2D eigenvalue weighted by Gasteiger charge is 2.21. The van der Waals surface area contributed by atoms with Gasteiger partial charge in [0.25, 0.3) is 0 Å². The number of carboxylic acid groups (broad SMARTS) is 1. The molecule has 0 aromatic heterocycles. The summed E-state index contributed by atoms with van der Waals surface area (Å²) < 4.78 is 0.896. The number of carbonyl (C=O) groups is 1. The molecule has 76 valence electrons. The second kappa shape index (κ2) is 3.86. The van der Waals surface area contributed by atoms with Gasteiger partial charge in [0.1, 0.15) is 0 Å². The molecule has 1 rings (SSSR count). The lowest BCUT2D eigenvalue weighted by Gasteiger charge is -2.21. The number of hydrogen-bond acceptors (Lipinski definition) is 2. The first-order valence-corrected chi connectivity index (χ1v) is 5.22. The SMILES string of the molecule is CC(C)(N)c1ccc(I)cc1C(=O)O. The van der Waals surface area contributed by atoms with E-state index in [1.807, 2.05) is 6.07 Å². The van der Waals surface area contributed by atoms with Crippen molar-refractivity contribution in [3.8, 4) is 0 Å². The molecule has 0 aliphatic heterocycles. The second-order valence-corrected chi connectivity index (χ2v) is 4.96. The van der Waals surface area contributed by atoms with E-state index in [1.165, 1.54) is 0 Å². The van der Waals surface area contributed by atoms with Crippen LogP contribution in [0.4, 0.5) is 0 Å². The molecule has 1 aromatic rings. The summed E-state index contributed by atoms with van der Waals surface area (Å²) in [7, 11) is 0. The molecule has 0 aliphatic rings. The summed E-state index contributed by atoms with van der Waals surface area (Å²) in [5.74, 6) is -0.933. The van der Waals surface area contributed by atoms with Crippen molar-refractivity contribution in [2.75, 3.05) is 0 Å². The lowest BCUT2D eigenvalue weighted by Crippen LogP contribution is -2.31. The van der Waals surface area contributed by atoms with E-state index < -0.39 is 11.5 Å². The lowest BCUT2D eigenvalue weighted by atomic mass is 9.91. The Morgan fingerprint density at radius 3 is 2.50 bits per heavy atom. The Bertz CT molecular complexity index is 369. The molecule has 0 atom stereocenters. The fourth-order valence-corrected chi connectivity index (χ4v) is 1.75. The largest absolute Gasteiger partial charge is 0.478 e. The molecule has 14 heavy (non-hydrogen) atoms. The van der Waals surface area contributed by atoms with Crippen molar-refractivity contribution in [1.82, 2.24) is 0 Å². The van der Waals surface area contributed by atoms with E-state index in [9.17, 15) is 4.79 Å². The van der Waals surface area contributed by atoms with E-state index in [0.717, 1.165) is 3.57 Å². The monoisotopic (exact) mass is 305 g/mol. The Hall–Kier alpha value is -0.620. The summed E-state index contributed by atoms with van der Waals surface area (Å²) in [6, 6.07) is 5.26. The minimum absolute atomic E-state index is 0.282. The first-order valence-electron chi connectivity index (χ1n) is 4.14. The van der Waals surface area contributed by atoms with Crippen molar-refractivity contribution >= 4 is 28.6 Å². The number of rotatable bonds is 2. The topological polar surface area (TPSA) is 63.3 Å². The van der Waals surface area contributed by atoms with Crippen molar-refractivity contribution in [1.29, 1.82) is 0 Å². The normalized spacial score (nSPS) is 11.4. The lowest BCUT2D eigenvalue weighted by molar-refractivity contribution is 0.0694. The predicted molar refractivity (Wildman–Crippen MR) is 63.3 cm³/mol. The van der Waals surface area contributed by atoms with Gasteiger partial charge in [-0.25, -0.2) is 4.79 Å². The van der Waals surface area contributed by atoms with Crippen molar-refractivity contribution < 1.29 is 9.90 Å². The number of nitrogens with two attached hydrogens (primary N) is 1. The van der Waals surface area contributed by atoms with Gasteiger partial charge in [0, 0.05) is 9.11 Å². The molecule has 0 amide bonds. The van der Waals surface area contributed by atoms with Gasteiger partial charge in [-0.15, -0.1) is 0 Å². The van der Waals surface area contributed by atoms with Crippen LogP contribution in [-0.2, 0) is 5.54 Å². The van der Waals surface area contributed by atoms with Crippen LogP contribution in [0.2, 0.25) is 0 Å². The molecule has 3 N–H and O–H groups in total. The van der Waals surface area contributed by atoms with Crippen LogP contribution >= 0.6 is 22.6 Å². The van der Waals surface area contributed by atoms with Gasteiger partial charge in [-0.2, -0.15) is 0 Å². The maximum atomic E-state index is 11.0. The fourth-order valence-electron chi connectivity index (χ4n) is 1.26. The fraction of sp³-hybridized carbons (Fsp3) is 0.300. The molecule has 0 fully saturated rings. The average Bonchev–Trinajstić information content (AvgIpc) is 2.01. The maximum Gasteiger partial charge on any atom is 0.336 e. The predicted octanol–water partition coefficient (Wildman–Crippen LogP) is 2.18. The summed E-state index contributed by atoms with van der Waals surface area (Å²) in [6.07, 6.45) is 0.